The van der Waals surface area contributed by atoms with Gasteiger partial charge >= 0.3 is 0 Å². The lowest BCUT2D eigenvalue weighted by molar-refractivity contribution is 0.332. The molecule has 0 amide bonds. The summed E-state index contributed by atoms with van der Waals surface area (Å²) < 4.78 is 2.51. The predicted octanol–water partition coefficient (Wildman–Crippen LogP) is 3.68. The molecule has 0 aliphatic carbocycles. The second-order valence-corrected chi connectivity index (χ2v) is 12.3. The fourth-order valence-corrected chi connectivity index (χ4v) is 5.07. The first kappa shape index (κ1) is 17.5. The molecule has 0 saturated carbocycles. The zero-order valence-corrected chi connectivity index (χ0v) is 15.0. The number of guanidine groups is 1. The minimum atomic E-state index is -1.48. The molecule has 0 aliphatic rings. The number of aliphatic imine (C=N–C) groups is 1. The Bertz CT molecular complexity index is 268. The van der Waals surface area contributed by atoms with Crippen molar-refractivity contribution in [1.82, 2.24) is 9.88 Å². The lowest BCUT2D eigenvalue weighted by Gasteiger charge is -2.47. The molecule has 0 aromatic carbocycles. The summed E-state index contributed by atoms with van der Waals surface area (Å²) in [5, 5.41) is 3.54. The van der Waals surface area contributed by atoms with Crippen LogP contribution < -0.4 is 5.32 Å². The monoisotopic (exact) mass is 271 g/mol. The summed E-state index contributed by atoms with van der Waals surface area (Å²) in [7, 11) is -1.48. The molecule has 0 saturated heterocycles. The maximum absolute atomic E-state index is 4.82. The van der Waals surface area contributed by atoms with Crippen LogP contribution >= 0.6 is 0 Å². The van der Waals surface area contributed by atoms with Crippen LogP contribution in [-0.2, 0) is 0 Å². The van der Waals surface area contributed by atoms with E-state index in [0.717, 1.165) is 5.96 Å². The Kier molecular flexibility index (Phi) is 5.91. The van der Waals surface area contributed by atoms with Gasteiger partial charge in [-0.2, -0.15) is 0 Å². The van der Waals surface area contributed by atoms with Crippen LogP contribution in [0.5, 0.6) is 0 Å². The Hall–Kier alpha value is -0.513. The Morgan fingerprint density at radius 2 is 1.50 bits per heavy atom. The molecule has 0 unspecified atom stereocenters. The summed E-state index contributed by atoms with van der Waals surface area (Å²) in [4.78, 5) is 4.82. The molecule has 0 aromatic heterocycles. The van der Waals surface area contributed by atoms with Crippen LogP contribution in [0.2, 0.25) is 19.6 Å². The van der Waals surface area contributed by atoms with Gasteiger partial charge in [-0.1, -0.05) is 19.6 Å². The minimum Gasteiger partial charge on any atom is -0.366 e. The van der Waals surface area contributed by atoms with Gasteiger partial charge in [-0.05, 0) is 48.5 Å². The molecule has 4 heteroatoms. The van der Waals surface area contributed by atoms with Crippen LogP contribution in [-0.4, -0.2) is 36.4 Å². The molecule has 0 spiro atoms. The summed E-state index contributed by atoms with van der Waals surface area (Å²) in [6.45, 7) is 22.5. The summed E-state index contributed by atoms with van der Waals surface area (Å²) in [5.41, 5.74) is 0.0973. The lowest BCUT2D eigenvalue weighted by atomic mass is 10.1. The van der Waals surface area contributed by atoms with Gasteiger partial charge in [0.15, 0.2) is 14.2 Å². The zero-order chi connectivity index (χ0) is 14.7. The van der Waals surface area contributed by atoms with Gasteiger partial charge < -0.3 is 9.88 Å². The van der Waals surface area contributed by atoms with E-state index in [9.17, 15) is 0 Å². The van der Waals surface area contributed by atoms with Crippen molar-refractivity contribution < 1.29 is 0 Å². The molecular weight excluding hydrogens is 238 g/mol. The standard InChI is InChI=1S/C14H33N3Si/c1-11(2)15-13(16-12(3)4)17(14(5,6)7)18(8,9)10/h11-12H,1-10H3,(H,15,16). The van der Waals surface area contributed by atoms with Gasteiger partial charge in [0.1, 0.15) is 0 Å². The van der Waals surface area contributed by atoms with E-state index in [0.29, 0.717) is 12.1 Å². The van der Waals surface area contributed by atoms with Crippen molar-refractivity contribution in [1.29, 1.82) is 0 Å². The fourth-order valence-electron chi connectivity index (χ4n) is 2.30. The molecule has 0 heterocycles. The van der Waals surface area contributed by atoms with Gasteiger partial charge in [-0.15, -0.1) is 0 Å². The predicted molar refractivity (Wildman–Crippen MR) is 85.8 cm³/mol. The van der Waals surface area contributed by atoms with Crippen molar-refractivity contribution in [2.45, 2.75) is 85.7 Å². The fraction of sp³-hybridized carbons (Fsp3) is 0.929. The Morgan fingerprint density at radius 1 is 1.06 bits per heavy atom. The third-order valence-corrected chi connectivity index (χ3v) is 4.58. The lowest BCUT2D eigenvalue weighted by Crippen LogP contribution is -2.63. The largest absolute Gasteiger partial charge is 0.366 e. The molecule has 3 nitrogen and oxygen atoms in total. The second-order valence-electron chi connectivity index (χ2n) is 7.52. The third kappa shape index (κ3) is 5.89. The van der Waals surface area contributed by atoms with Crippen LogP contribution in [0, 0.1) is 0 Å². The number of nitrogens with one attached hydrogen (secondary N) is 1. The van der Waals surface area contributed by atoms with E-state index in [-0.39, 0.29) is 5.54 Å². The average molecular weight is 272 g/mol. The van der Waals surface area contributed by atoms with Crippen LogP contribution in [0.1, 0.15) is 48.5 Å². The molecule has 0 rings (SSSR count). The van der Waals surface area contributed by atoms with Crippen LogP contribution in [0.4, 0.5) is 0 Å². The van der Waals surface area contributed by atoms with E-state index in [1.807, 2.05) is 0 Å². The SMILES string of the molecule is CC(C)N=C(NC(C)C)N(C(C)(C)C)[Si](C)(C)C. The molecule has 108 valence electrons. The number of rotatable bonds is 3. The van der Waals surface area contributed by atoms with E-state index in [1.165, 1.54) is 0 Å². The average Bonchev–Trinajstić information content (AvgIpc) is 1.93. The molecule has 18 heavy (non-hydrogen) atoms. The normalized spacial score (nSPS) is 14.3. The topological polar surface area (TPSA) is 27.6 Å². The molecule has 0 aliphatic heterocycles. The summed E-state index contributed by atoms with van der Waals surface area (Å²) in [6.07, 6.45) is 0. The third-order valence-electron chi connectivity index (χ3n) is 2.35. The molecule has 0 bridgehead atoms. The van der Waals surface area contributed by atoms with Crippen molar-refractivity contribution in [3.8, 4) is 0 Å². The first-order valence-corrected chi connectivity index (χ1v) is 10.4. The Morgan fingerprint density at radius 3 is 1.72 bits per heavy atom. The molecule has 0 aromatic rings. The van der Waals surface area contributed by atoms with E-state index in [1.54, 1.807) is 0 Å². The van der Waals surface area contributed by atoms with Gasteiger partial charge in [0.25, 0.3) is 0 Å². The Balaban J connectivity index is 5.51. The molecule has 1 N–H and O–H groups in total. The minimum absolute atomic E-state index is 0.0973. The van der Waals surface area contributed by atoms with Gasteiger partial charge in [0.05, 0.1) is 0 Å². The molecule has 0 fully saturated rings. The maximum Gasteiger partial charge on any atom is 0.186 e. The van der Waals surface area contributed by atoms with E-state index >= 15 is 0 Å². The first-order valence-electron chi connectivity index (χ1n) is 7.00. The number of hydrogen-bond acceptors (Lipinski definition) is 1. The first-order chi connectivity index (χ1) is 7.85. The maximum atomic E-state index is 4.82. The molecule has 0 atom stereocenters. The van der Waals surface area contributed by atoms with Crippen molar-refractivity contribution in [3.05, 3.63) is 0 Å². The molecule has 0 radical (unpaired) electrons. The summed E-state index contributed by atoms with van der Waals surface area (Å²) in [6, 6.07) is 0.719. The molecular formula is C14H33N3Si. The highest BCUT2D eigenvalue weighted by Crippen LogP contribution is 2.23. The smallest absolute Gasteiger partial charge is 0.186 e. The van der Waals surface area contributed by atoms with Crippen LogP contribution in [0.25, 0.3) is 0 Å². The van der Waals surface area contributed by atoms with Gasteiger partial charge in [-0.25, -0.2) is 0 Å². The van der Waals surface area contributed by atoms with Crippen molar-refractivity contribution >= 4 is 14.2 Å². The highest BCUT2D eigenvalue weighted by Gasteiger charge is 2.35. The van der Waals surface area contributed by atoms with E-state index in [4.69, 9.17) is 4.99 Å². The quantitative estimate of drug-likeness (QED) is 0.482. The van der Waals surface area contributed by atoms with Crippen LogP contribution in [0.15, 0.2) is 4.99 Å². The summed E-state index contributed by atoms with van der Waals surface area (Å²) in [5.74, 6) is 1.06. The highest BCUT2D eigenvalue weighted by molar-refractivity contribution is 6.75. The van der Waals surface area contributed by atoms with Gasteiger partial charge in [-0.3, -0.25) is 4.99 Å². The van der Waals surface area contributed by atoms with Gasteiger partial charge in [0.2, 0.25) is 0 Å². The highest BCUT2D eigenvalue weighted by atomic mass is 28.3. The van der Waals surface area contributed by atoms with E-state index < -0.39 is 8.24 Å². The number of hydrogen-bond donors (Lipinski definition) is 1. The van der Waals surface area contributed by atoms with Crippen molar-refractivity contribution in [2.24, 2.45) is 4.99 Å². The summed E-state index contributed by atoms with van der Waals surface area (Å²) >= 11 is 0. The van der Waals surface area contributed by atoms with Crippen LogP contribution in [0.3, 0.4) is 0 Å². The van der Waals surface area contributed by atoms with Crippen molar-refractivity contribution in [2.75, 3.05) is 0 Å². The Labute approximate surface area is 115 Å². The van der Waals surface area contributed by atoms with E-state index in [2.05, 4.69) is 78.0 Å². The van der Waals surface area contributed by atoms with Gasteiger partial charge in [0, 0.05) is 17.6 Å². The van der Waals surface area contributed by atoms with Crippen molar-refractivity contribution in [3.63, 3.8) is 0 Å². The number of nitrogens with zero attached hydrogens (tertiary/aromatic N) is 2. The second kappa shape index (κ2) is 6.09. The zero-order valence-electron chi connectivity index (χ0n) is 14.0.